The van der Waals surface area contributed by atoms with Gasteiger partial charge in [0.2, 0.25) is 0 Å². The Kier molecular flexibility index (Phi) is 5.52. The fourth-order valence-corrected chi connectivity index (χ4v) is 7.66. The van der Waals surface area contributed by atoms with Crippen molar-refractivity contribution in [1.82, 2.24) is 29.7 Å². The molecular formula is C27H29N7S2. The first-order chi connectivity index (χ1) is 17.7. The topological polar surface area (TPSA) is 63.0 Å². The van der Waals surface area contributed by atoms with Crippen LogP contribution in [-0.4, -0.2) is 55.9 Å². The quantitative estimate of drug-likeness (QED) is 0.333. The predicted molar refractivity (Wildman–Crippen MR) is 147 cm³/mol. The molecule has 0 spiro atoms. The summed E-state index contributed by atoms with van der Waals surface area (Å²) in [4.78, 5) is 20.6. The zero-order valence-corrected chi connectivity index (χ0v) is 22.3. The summed E-state index contributed by atoms with van der Waals surface area (Å²) in [5, 5.41) is 9.51. The Morgan fingerprint density at radius 3 is 2.50 bits per heavy atom. The maximum atomic E-state index is 4.94. The predicted octanol–water partition coefficient (Wildman–Crippen LogP) is 5.07. The second-order valence-corrected chi connectivity index (χ2v) is 12.2. The zero-order chi connectivity index (χ0) is 24.2. The third-order valence-corrected chi connectivity index (χ3v) is 9.73. The number of fused-ring (bicyclic) bond motifs is 4. The molecule has 36 heavy (non-hydrogen) atoms. The number of hydrogen-bond donors (Lipinski definition) is 0. The Bertz CT molecular complexity index is 1470. The van der Waals surface area contributed by atoms with E-state index in [1.807, 2.05) is 11.3 Å². The van der Waals surface area contributed by atoms with Crippen molar-refractivity contribution in [3.05, 3.63) is 57.3 Å². The highest BCUT2D eigenvalue weighted by molar-refractivity contribution is 7.18. The van der Waals surface area contributed by atoms with Gasteiger partial charge in [0.05, 0.1) is 22.5 Å². The normalized spacial score (nSPS) is 16.8. The van der Waals surface area contributed by atoms with Gasteiger partial charge in [0.25, 0.3) is 0 Å². The molecular weight excluding hydrogens is 486 g/mol. The molecule has 7 rings (SSSR count). The van der Waals surface area contributed by atoms with E-state index in [-0.39, 0.29) is 0 Å². The fraction of sp³-hybridized carbons (Fsp3) is 0.407. The van der Waals surface area contributed by atoms with Crippen LogP contribution in [-0.2, 0) is 19.4 Å². The van der Waals surface area contributed by atoms with E-state index in [0.29, 0.717) is 0 Å². The second kappa shape index (κ2) is 8.90. The van der Waals surface area contributed by atoms with Crippen LogP contribution in [0.15, 0.2) is 30.6 Å². The van der Waals surface area contributed by atoms with Gasteiger partial charge in [-0.05, 0) is 62.8 Å². The summed E-state index contributed by atoms with van der Waals surface area (Å²) in [6, 6.07) is 8.42. The van der Waals surface area contributed by atoms with Crippen molar-refractivity contribution in [2.45, 2.75) is 46.1 Å². The Morgan fingerprint density at radius 1 is 0.917 bits per heavy atom. The van der Waals surface area contributed by atoms with E-state index in [4.69, 9.17) is 20.1 Å². The zero-order valence-electron chi connectivity index (χ0n) is 20.7. The summed E-state index contributed by atoms with van der Waals surface area (Å²) in [5.74, 6) is 0. The van der Waals surface area contributed by atoms with Gasteiger partial charge in [-0.1, -0.05) is 12.1 Å². The maximum Gasteiger partial charge on any atom is 0.138 e. The molecule has 0 amide bonds. The smallest absolute Gasteiger partial charge is 0.138 e. The van der Waals surface area contributed by atoms with Crippen molar-refractivity contribution in [1.29, 1.82) is 0 Å². The number of piperazine rings is 1. The van der Waals surface area contributed by atoms with Crippen molar-refractivity contribution >= 4 is 32.9 Å². The van der Waals surface area contributed by atoms with Gasteiger partial charge in [0, 0.05) is 36.6 Å². The van der Waals surface area contributed by atoms with Gasteiger partial charge in [0.15, 0.2) is 0 Å². The van der Waals surface area contributed by atoms with E-state index in [1.165, 1.54) is 49.8 Å². The number of para-hydroxylation sites is 1. The average molecular weight is 516 g/mol. The Morgan fingerprint density at radius 2 is 1.72 bits per heavy atom. The van der Waals surface area contributed by atoms with Crippen LogP contribution in [0.3, 0.4) is 0 Å². The van der Waals surface area contributed by atoms with Crippen LogP contribution >= 0.6 is 22.7 Å². The average Bonchev–Trinajstić information content (AvgIpc) is 3.57. The highest BCUT2D eigenvalue weighted by Gasteiger charge is 2.33. The summed E-state index contributed by atoms with van der Waals surface area (Å²) in [6.45, 7) is 9.05. The SMILES string of the molecule is Cc1nc(-c2c3ncnn(N4CCN(Cc5nc6ccccc6s5)CC4)c-3c3c2CCCC3)sc1C. The lowest BCUT2D eigenvalue weighted by molar-refractivity contribution is 0.227. The van der Waals surface area contributed by atoms with Crippen LogP contribution in [0.5, 0.6) is 0 Å². The van der Waals surface area contributed by atoms with Crippen molar-refractivity contribution in [3.8, 4) is 22.0 Å². The third kappa shape index (κ3) is 3.72. The highest BCUT2D eigenvalue weighted by Crippen LogP contribution is 2.46. The largest absolute Gasteiger partial charge is 0.294 e. The van der Waals surface area contributed by atoms with Gasteiger partial charge >= 0.3 is 0 Å². The van der Waals surface area contributed by atoms with E-state index in [2.05, 4.69) is 52.8 Å². The first-order valence-corrected chi connectivity index (χ1v) is 14.4. The van der Waals surface area contributed by atoms with Crippen molar-refractivity contribution in [2.75, 3.05) is 31.2 Å². The summed E-state index contributed by atoms with van der Waals surface area (Å²) < 4.78 is 1.27. The molecule has 1 fully saturated rings. The Balaban J connectivity index is 1.17. The molecule has 0 unspecified atom stereocenters. The molecule has 0 N–H and O–H groups in total. The van der Waals surface area contributed by atoms with Crippen LogP contribution in [0.2, 0.25) is 0 Å². The van der Waals surface area contributed by atoms with E-state index in [0.717, 1.165) is 67.5 Å². The van der Waals surface area contributed by atoms with Gasteiger partial charge in [0.1, 0.15) is 27.7 Å². The Hall–Kier alpha value is -2.88. The van der Waals surface area contributed by atoms with Crippen LogP contribution in [0.1, 0.15) is 39.5 Å². The summed E-state index contributed by atoms with van der Waals surface area (Å²) >= 11 is 3.61. The lowest BCUT2D eigenvalue weighted by atomic mass is 9.93. The van der Waals surface area contributed by atoms with Gasteiger partial charge in [-0.15, -0.1) is 27.8 Å². The number of thiazole rings is 2. The minimum Gasteiger partial charge on any atom is -0.294 e. The lowest BCUT2D eigenvalue weighted by Crippen LogP contribution is -2.51. The molecule has 0 bridgehead atoms. The summed E-state index contributed by atoms with van der Waals surface area (Å²) in [7, 11) is 0. The number of hydrogen-bond acceptors (Lipinski definition) is 8. The molecule has 7 nitrogen and oxygen atoms in total. The van der Waals surface area contributed by atoms with Gasteiger partial charge in [-0.2, -0.15) is 4.79 Å². The first kappa shape index (κ1) is 22.3. The molecule has 0 radical (unpaired) electrons. The minimum absolute atomic E-state index is 0.912. The van der Waals surface area contributed by atoms with Gasteiger partial charge in [-0.3, -0.25) is 9.91 Å². The summed E-state index contributed by atoms with van der Waals surface area (Å²) in [5.41, 5.74) is 8.65. The van der Waals surface area contributed by atoms with Crippen LogP contribution in [0.4, 0.5) is 0 Å². The third-order valence-electron chi connectivity index (χ3n) is 7.62. The monoisotopic (exact) mass is 515 g/mol. The highest BCUT2D eigenvalue weighted by atomic mass is 32.1. The van der Waals surface area contributed by atoms with E-state index in [1.54, 1.807) is 17.7 Å². The molecule has 9 heteroatoms. The maximum absolute atomic E-state index is 4.94. The number of rotatable bonds is 4. The fourth-order valence-electron chi connectivity index (χ4n) is 5.67. The molecule has 184 valence electrons. The number of benzene rings is 1. The molecule has 0 saturated carbocycles. The molecule has 0 atom stereocenters. The molecule has 4 aliphatic rings. The molecule has 2 aliphatic heterocycles. The van der Waals surface area contributed by atoms with Crippen LogP contribution in [0.25, 0.3) is 32.2 Å². The molecule has 1 saturated heterocycles. The van der Waals surface area contributed by atoms with Gasteiger partial charge in [-0.25, -0.2) is 15.0 Å². The standard InChI is InChI=1S/C27H29N7S2/c1-17-18(2)35-27(30-17)24-19-7-3-4-8-20(19)26-25(24)28-16-29-34(26)33-13-11-32(12-14-33)15-23-31-21-9-5-6-10-22(21)36-23/h5-6,9-10,16H,3-4,7-8,11-15H2,1-2H3. The minimum atomic E-state index is 0.912. The van der Waals surface area contributed by atoms with Gasteiger partial charge < -0.3 is 0 Å². The Labute approximate surface area is 218 Å². The van der Waals surface area contributed by atoms with Crippen molar-refractivity contribution in [2.24, 2.45) is 0 Å². The number of aromatic nitrogens is 5. The first-order valence-electron chi connectivity index (χ1n) is 12.8. The van der Waals surface area contributed by atoms with E-state index < -0.39 is 0 Å². The second-order valence-electron chi connectivity index (χ2n) is 9.85. The van der Waals surface area contributed by atoms with Crippen molar-refractivity contribution < 1.29 is 0 Å². The lowest BCUT2D eigenvalue weighted by Gasteiger charge is -2.36. The van der Waals surface area contributed by atoms with Crippen molar-refractivity contribution in [3.63, 3.8) is 0 Å². The molecule has 1 aromatic carbocycles. The van der Waals surface area contributed by atoms with E-state index >= 15 is 0 Å². The van der Waals surface area contributed by atoms with Crippen LogP contribution in [0, 0.1) is 13.8 Å². The number of nitrogens with zero attached hydrogens (tertiary/aromatic N) is 7. The number of aryl methyl sites for hydroxylation is 2. The molecule has 3 aromatic rings. The summed E-state index contributed by atoms with van der Waals surface area (Å²) in [6.07, 6.45) is 6.40. The molecule has 4 heterocycles. The molecule has 2 aromatic heterocycles. The van der Waals surface area contributed by atoms with Crippen LogP contribution < -0.4 is 5.01 Å². The molecule has 2 aliphatic carbocycles. The van der Waals surface area contributed by atoms with E-state index in [9.17, 15) is 0 Å².